The van der Waals surface area contributed by atoms with Gasteiger partial charge in [0, 0.05) is 25.3 Å². The van der Waals surface area contributed by atoms with Crippen molar-refractivity contribution in [2.75, 3.05) is 13.7 Å². The van der Waals surface area contributed by atoms with Crippen LogP contribution in [-0.2, 0) is 22.6 Å². The molecule has 0 bridgehead atoms. The molecule has 0 aliphatic heterocycles. The van der Waals surface area contributed by atoms with Crippen LogP contribution in [0.25, 0.3) is 0 Å². The minimum Gasteiger partial charge on any atom is -0.382 e. The molecule has 1 unspecified atom stereocenters. The number of ether oxygens (including phenoxy) is 2. The van der Waals surface area contributed by atoms with Crippen LogP contribution in [0.2, 0.25) is 0 Å². The van der Waals surface area contributed by atoms with E-state index in [2.05, 4.69) is 31.2 Å². The Morgan fingerprint density at radius 3 is 2.78 bits per heavy atom. The van der Waals surface area contributed by atoms with Gasteiger partial charge < -0.3 is 19.3 Å². The monoisotopic (exact) mass is 256 g/mol. The van der Waals surface area contributed by atoms with Crippen LogP contribution in [0.1, 0.15) is 39.1 Å². The first kappa shape index (κ1) is 15.1. The van der Waals surface area contributed by atoms with Gasteiger partial charge >= 0.3 is 0 Å². The molecule has 0 radical (unpaired) electrons. The van der Waals surface area contributed by atoms with Gasteiger partial charge in [0.05, 0.1) is 18.4 Å². The van der Waals surface area contributed by atoms with Gasteiger partial charge in [0.1, 0.15) is 6.61 Å². The number of methoxy groups -OCH3 is 1. The van der Waals surface area contributed by atoms with E-state index in [9.17, 15) is 0 Å². The summed E-state index contributed by atoms with van der Waals surface area (Å²) in [6.07, 6.45) is 0.0521. The Kier molecular flexibility index (Phi) is 5.78. The molecule has 18 heavy (non-hydrogen) atoms. The van der Waals surface area contributed by atoms with Crippen molar-refractivity contribution in [2.45, 2.75) is 52.5 Å². The van der Waals surface area contributed by atoms with Gasteiger partial charge in [-0.15, -0.1) is 0 Å². The zero-order chi connectivity index (χ0) is 13.6. The Hall–Kier alpha value is -0.910. The maximum absolute atomic E-state index is 5.55. The van der Waals surface area contributed by atoms with Crippen molar-refractivity contribution in [2.24, 2.45) is 0 Å². The number of hydrogen-bond donors (Lipinski definition) is 1. The molecule has 1 atom stereocenters. The summed E-state index contributed by atoms with van der Waals surface area (Å²) in [6.45, 7) is 10.00. The highest BCUT2D eigenvalue weighted by Crippen LogP contribution is 2.08. The van der Waals surface area contributed by atoms with Gasteiger partial charge in [-0.05, 0) is 27.7 Å². The molecule has 104 valence electrons. The van der Waals surface area contributed by atoms with E-state index >= 15 is 0 Å². The summed E-state index contributed by atoms with van der Waals surface area (Å²) in [6, 6.07) is 1.91. The first-order valence-corrected chi connectivity index (χ1v) is 6.21. The van der Waals surface area contributed by atoms with Crippen molar-refractivity contribution in [3.63, 3.8) is 0 Å². The lowest BCUT2D eigenvalue weighted by atomic mass is 10.1. The maximum Gasteiger partial charge on any atom is 0.162 e. The van der Waals surface area contributed by atoms with E-state index in [4.69, 9.17) is 14.0 Å². The van der Waals surface area contributed by atoms with Crippen molar-refractivity contribution in [1.82, 2.24) is 10.5 Å². The Morgan fingerprint density at radius 1 is 1.44 bits per heavy atom. The van der Waals surface area contributed by atoms with E-state index < -0.39 is 0 Å². The first-order valence-electron chi connectivity index (χ1n) is 6.21. The van der Waals surface area contributed by atoms with Gasteiger partial charge in [-0.3, -0.25) is 0 Å². The number of nitrogens with zero attached hydrogens (tertiary/aromatic N) is 1. The number of rotatable bonds is 7. The highest BCUT2D eigenvalue weighted by Gasteiger charge is 2.11. The number of aromatic nitrogens is 1. The van der Waals surface area contributed by atoms with Gasteiger partial charge in [-0.25, -0.2) is 0 Å². The molecule has 0 aromatic carbocycles. The zero-order valence-corrected chi connectivity index (χ0v) is 11.9. The molecule has 1 aromatic heterocycles. The van der Waals surface area contributed by atoms with Crippen LogP contribution in [0, 0.1) is 0 Å². The molecular formula is C13H24N2O3. The van der Waals surface area contributed by atoms with E-state index in [0.29, 0.717) is 19.8 Å². The molecule has 0 amide bonds. The minimum absolute atomic E-state index is 0.0521. The molecule has 1 aromatic rings. The smallest absolute Gasteiger partial charge is 0.162 e. The standard InChI is InChI=1S/C13H24N2O3/c1-10(8-16-5)17-9-12-6-11(15-18-12)7-14-13(2,3)4/h6,10,14H,7-9H2,1-5H3. The van der Waals surface area contributed by atoms with Gasteiger partial charge in [0.15, 0.2) is 5.76 Å². The fraction of sp³-hybridized carbons (Fsp3) is 0.769. The predicted molar refractivity (Wildman–Crippen MR) is 69.2 cm³/mol. The van der Waals surface area contributed by atoms with E-state index in [1.165, 1.54) is 0 Å². The van der Waals surface area contributed by atoms with Crippen molar-refractivity contribution in [3.05, 3.63) is 17.5 Å². The Morgan fingerprint density at radius 2 is 2.17 bits per heavy atom. The highest BCUT2D eigenvalue weighted by atomic mass is 16.5. The third-order valence-electron chi connectivity index (χ3n) is 2.32. The van der Waals surface area contributed by atoms with Crippen LogP contribution >= 0.6 is 0 Å². The molecule has 5 nitrogen and oxygen atoms in total. The summed E-state index contributed by atoms with van der Waals surface area (Å²) in [7, 11) is 1.66. The summed E-state index contributed by atoms with van der Waals surface area (Å²) < 4.78 is 15.7. The zero-order valence-electron chi connectivity index (χ0n) is 11.9. The molecule has 0 aliphatic rings. The van der Waals surface area contributed by atoms with Gasteiger partial charge in [0.2, 0.25) is 0 Å². The fourth-order valence-corrected chi connectivity index (χ4v) is 1.37. The van der Waals surface area contributed by atoms with Crippen LogP contribution in [0.5, 0.6) is 0 Å². The summed E-state index contributed by atoms with van der Waals surface area (Å²) in [4.78, 5) is 0. The Labute approximate surface area is 109 Å². The van der Waals surface area contributed by atoms with Crippen LogP contribution in [-0.4, -0.2) is 30.5 Å². The third kappa shape index (κ3) is 6.14. The fourth-order valence-electron chi connectivity index (χ4n) is 1.37. The summed E-state index contributed by atoms with van der Waals surface area (Å²) in [5.41, 5.74) is 0.964. The summed E-state index contributed by atoms with van der Waals surface area (Å²) in [5, 5.41) is 7.35. The predicted octanol–water partition coefficient (Wildman–Crippen LogP) is 2.11. The van der Waals surface area contributed by atoms with Crippen molar-refractivity contribution < 1.29 is 14.0 Å². The molecule has 0 fully saturated rings. The second-order valence-electron chi connectivity index (χ2n) is 5.47. The molecule has 5 heteroatoms. The van der Waals surface area contributed by atoms with Gasteiger partial charge in [-0.1, -0.05) is 5.16 Å². The topological polar surface area (TPSA) is 56.5 Å². The first-order chi connectivity index (χ1) is 8.40. The summed E-state index contributed by atoms with van der Waals surface area (Å²) in [5.74, 6) is 0.740. The average Bonchev–Trinajstić information content (AvgIpc) is 2.71. The molecule has 1 rings (SSSR count). The van der Waals surface area contributed by atoms with Crippen molar-refractivity contribution >= 4 is 0 Å². The van der Waals surface area contributed by atoms with Crippen LogP contribution in [0.15, 0.2) is 10.6 Å². The van der Waals surface area contributed by atoms with E-state index in [1.807, 2.05) is 13.0 Å². The average molecular weight is 256 g/mol. The van der Waals surface area contributed by atoms with Crippen LogP contribution < -0.4 is 5.32 Å². The maximum atomic E-state index is 5.55. The van der Waals surface area contributed by atoms with E-state index in [0.717, 1.165) is 11.5 Å². The molecule has 0 saturated carbocycles. The minimum atomic E-state index is 0.0521. The third-order valence-corrected chi connectivity index (χ3v) is 2.32. The van der Waals surface area contributed by atoms with Crippen LogP contribution in [0.3, 0.4) is 0 Å². The molecule has 1 heterocycles. The Balaban J connectivity index is 2.34. The molecule has 0 aliphatic carbocycles. The molecule has 0 spiro atoms. The molecule has 1 N–H and O–H groups in total. The second kappa shape index (κ2) is 6.87. The lowest BCUT2D eigenvalue weighted by Crippen LogP contribution is -2.35. The normalized spacial score (nSPS) is 13.8. The van der Waals surface area contributed by atoms with Crippen molar-refractivity contribution in [3.8, 4) is 0 Å². The van der Waals surface area contributed by atoms with Gasteiger partial charge in [0.25, 0.3) is 0 Å². The highest BCUT2D eigenvalue weighted by molar-refractivity contribution is 5.04. The van der Waals surface area contributed by atoms with Crippen molar-refractivity contribution in [1.29, 1.82) is 0 Å². The molecular weight excluding hydrogens is 232 g/mol. The largest absolute Gasteiger partial charge is 0.382 e. The molecule has 0 saturated heterocycles. The van der Waals surface area contributed by atoms with E-state index in [1.54, 1.807) is 7.11 Å². The van der Waals surface area contributed by atoms with E-state index in [-0.39, 0.29) is 11.6 Å². The number of nitrogens with one attached hydrogen (secondary N) is 1. The van der Waals surface area contributed by atoms with Crippen LogP contribution in [0.4, 0.5) is 0 Å². The lowest BCUT2D eigenvalue weighted by Gasteiger charge is -2.19. The number of hydrogen-bond acceptors (Lipinski definition) is 5. The lowest BCUT2D eigenvalue weighted by molar-refractivity contribution is -0.00792. The SMILES string of the molecule is COCC(C)OCc1cc(CNC(C)(C)C)no1. The summed E-state index contributed by atoms with van der Waals surface area (Å²) >= 11 is 0. The quantitative estimate of drug-likeness (QED) is 0.809. The Bertz CT molecular complexity index is 344. The van der Waals surface area contributed by atoms with Gasteiger partial charge in [-0.2, -0.15) is 0 Å². The second-order valence-corrected chi connectivity index (χ2v) is 5.47.